The van der Waals surface area contributed by atoms with E-state index in [9.17, 15) is 43.2 Å². The van der Waals surface area contributed by atoms with E-state index in [1.54, 1.807) is 60.7 Å². The minimum atomic E-state index is -1.08. The summed E-state index contributed by atoms with van der Waals surface area (Å²) >= 11 is 0. The topological polar surface area (TPSA) is 397 Å². The largest absolute Gasteiger partial charge is 0.480 e. The molecular formula is C48H60ClN15O13. The number of hydrogen-bond acceptors (Lipinski definition) is 22. The molecule has 3 aromatic carbocycles. The van der Waals surface area contributed by atoms with Gasteiger partial charge < -0.3 is 83.5 Å². The van der Waals surface area contributed by atoms with Gasteiger partial charge in [0, 0.05) is 59.4 Å². The number of amides is 5. The van der Waals surface area contributed by atoms with Crippen LogP contribution >= 0.6 is 12.4 Å². The van der Waals surface area contributed by atoms with Crippen LogP contribution in [0.1, 0.15) is 50.3 Å². The number of ether oxygens (including phenoxy) is 3. The average Bonchev–Trinajstić information content (AvgIpc) is 4.30. The Morgan fingerprint density at radius 2 is 0.883 bits per heavy atom. The maximum atomic E-state index is 12.2. The molecule has 3 saturated heterocycles. The Hall–Kier alpha value is -9.05. The quantitative estimate of drug-likeness (QED) is 0.0613. The molecular weight excluding hydrogens is 1030 g/mol. The van der Waals surface area contributed by atoms with E-state index in [1.165, 1.54) is 0 Å². The van der Waals surface area contributed by atoms with Gasteiger partial charge in [0.15, 0.2) is 17.9 Å². The van der Waals surface area contributed by atoms with Gasteiger partial charge in [-0.3, -0.25) is 58.1 Å². The number of rotatable bonds is 14. The lowest BCUT2D eigenvalue weighted by atomic mass is 10.2. The number of carbonyl (C=O) groups is 9. The van der Waals surface area contributed by atoms with E-state index in [1.807, 2.05) is 12.1 Å². The molecule has 2 unspecified atom stereocenters. The van der Waals surface area contributed by atoms with Gasteiger partial charge in [0.1, 0.15) is 26.4 Å². The molecule has 5 amide bonds. The van der Waals surface area contributed by atoms with Crippen molar-refractivity contribution in [3.8, 4) is 0 Å². The summed E-state index contributed by atoms with van der Waals surface area (Å²) in [4.78, 5) is 115. The second kappa shape index (κ2) is 30.4. The highest BCUT2D eigenvalue weighted by Gasteiger charge is 2.26. The van der Waals surface area contributed by atoms with Gasteiger partial charge in [-0.05, 0) is 54.6 Å². The Morgan fingerprint density at radius 1 is 0.532 bits per heavy atom. The summed E-state index contributed by atoms with van der Waals surface area (Å²) in [6.45, 7) is 4.53. The summed E-state index contributed by atoms with van der Waals surface area (Å²) < 4.78 is 14.0. The molecule has 9 rings (SSSR count). The van der Waals surface area contributed by atoms with E-state index in [-0.39, 0.29) is 111 Å². The zero-order valence-electron chi connectivity index (χ0n) is 41.4. The fraction of sp³-hybridized carbons (Fsp3) is 0.375. The highest BCUT2D eigenvalue weighted by molar-refractivity contribution is 6.02. The van der Waals surface area contributed by atoms with Crippen molar-refractivity contribution in [2.75, 3.05) is 94.7 Å². The maximum Gasteiger partial charge on any atom is 0.322 e. The fourth-order valence-corrected chi connectivity index (χ4v) is 7.15. The third-order valence-corrected chi connectivity index (χ3v) is 10.7. The van der Waals surface area contributed by atoms with Crippen molar-refractivity contribution in [2.24, 2.45) is 20.7 Å². The lowest BCUT2D eigenvalue weighted by Gasteiger charge is -2.11. The van der Waals surface area contributed by atoms with Gasteiger partial charge in [-0.15, -0.1) is 12.4 Å². The van der Waals surface area contributed by atoms with Crippen molar-refractivity contribution < 1.29 is 62.5 Å². The van der Waals surface area contributed by atoms with Crippen molar-refractivity contribution in [1.29, 1.82) is 0 Å². The average molecular weight is 1090 g/mol. The molecule has 412 valence electrons. The van der Waals surface area contributed by atoms with Gasteiger partial charge in [0.25, 0.3) is 17.7 Å². The number of esters is 3. The van der Waals surface area contributed by atoms with Gasteiger partial charge in [0.05, 0.1) is 64.1 Å². The number of benzene rings is 3. The first-order valence-electron chi connectivity index (χ1n) is 24.0. The molecule has 77 heavy (non-hydrogen) atoms. The Kier molecular flexibility index (Phi) is 23.2. The summed E-state index contributed by atoms with van der Waals surface area (Å²) in [6.07, 6.45) is 0.705. The molecule has 14 N–H and O–H groups in total. The SMILES string of the molecule is Cl.N[C@@H]1COC(=O)C1.O=C(CNC(=O)c1cccc(NC2=NCCN2)c1)NC1COC(=O)C1.O=C(CNC(=O)c1cccc(NC2=NCCN2)c1)NC1COC(=O)C1.O=C(O)CNC(=O)c1cccc(NC2=NCCN2)c1. The molecule has 0 radical (unpaired) electrons. The molecule has 6 aliphatic rings. The Balaban J connectivity index is 0.000000200. The predicted molar refractivity (Wildman–Crippen MR) is 282 cm³/mol. The molecule has 3 aromatic rings. The lowest BCUT2D eigenvalue weighted by molar-refractivity contribution is -0.138. The second-order valence-corrected chi connectivity index (χ2v) is 17.0. The van der Waals surface area contributed by atoms with Crippen LogP contribution in [0.25, 0.3) is 0 Å². The fourth-order valence-electron chi connectivity index (χ4n) is 7.15. The van der Waals surface area contributed by atoms with Crippen molar-refractivity contribution in [3.63, 3.8) is 0 Å². The molecule has 3 atom stereocenters. The lowest BCUT2D eigenvalue weighted by Crippen LogP contribution is -2.42. The Bertz CT molecular complexity index is 2600. The van der Waals surface area contributed by atoms with Crippen LogP contribution in [0.4, 0.5) is 17.1 Å². The van der Waals surface area contributed by atoms with Crippen LogP contribution in [0.3, 0.4) is 0 Å². The van der Waals surface area contributed by atoms with E-state index in [4.69, 9.17) is 20.3 Å². The zero-order chi connectivity index (χ0) is 54.2. The number of guanidine groups is 3. The van der Waals surface area contributed by atoms with Crippen molar-refractivity contribution in [2.45, 2.75) is 37.4 Å². The van der Waals surface area contributed by atoms with Crippen LogP contribution in [-0.4, -0.2) is 173 Å². The number of carboxylic acids is 1. The molecule has 6 heterocycles. The van der Waals surface area contributed by atoms with E-state index in [0.717, 1.165) is 56.3 Å². The summed E-state index contributed by atoms with van der Waals surface area (Å²) in [7, 11) is 0. The molecule has 29 heteroatoms. The monoisotopic (exact) mass is 1090 g/mol. The molecule has 6 aliphatic heterocycles. The van der Waals surface area contributed by atoms with E-state index < -0.39 is 18.4 Å². The van der Waals surface area contributed by atoms with E-state index in [0.29, 0.717) is 47.6 Å². The number of hydrogen-bond donors (Lipinski definition) is 13. The molecule has 28 nitrogen and oxygen atoms in total. The number of aliphatic imine (C=N–C) groups is 3. The van der Waals surface area contributed by atoms with E-state index in [2.05, 4.69) is 78.2 Å². The summed E-state index contributed by atoms with van der Waals surface area (Å²) in [5, 5.41) is 39.6. The normalized spacial score (nSPS) is 18.3. The Morgan fingerprint density at radius 3 is 1.16 bits per heavy atom. The molecule has 0 aromatic heterocycles. The first-order chi connectivity index (χ1) is 36.6. The number of cyclic esters (lactones) is 3. The number of nitrogens with zero attached hydrogens (tertiary/aromatic N) is 3. The minimum absolute atomic E-state index is 0. The van der Waals surface area contributed by atoms with Crippen molar-refractivity contribution in [1.82, 2.24) is 42.5 Å². The molecule has 0 spiro atoms. The van der Waals surface area contributed by atoms with Gasteiger partial charge in [-0.25, -0.2) is 0 Å². The van der Waals surface area contributed by atoms with Gasteiger partial charge >= 0.3 is 23.9 Å². The highest BCUT2D eigenvalue weighted by Crippen LogP contribution is 2.14. The summed E-state index contributed by atoms with van der Waals surface area (Å²) in [5.41, 5.74) is 8.70. The van der Waals surface area contributed by atoms with Crippen LogP contribution < -0.4 is 64.2 Å². The standard InChI is InChI=1S/2C16H19N5O4.C12H14N4O3.C4H7NO2.ClH/c2*22-13(20-12-7-14(23)25-9-12)8-19-15(24)10-2-1-3-11(6-10)21-16-17-4-5-18-16;17-10(18)7-15-11(19)8-2-1-3-9(6-8)16-12-13-4-5-14-12;5-3-1-4(6)7-2-3;/h2*1-3,6,12H,4-5,7-9H2,(H,19,24)(H,20,22)(H2,17,18,21);1-3,6H,4-5,7H2,(H,15,19)(H,17,18)(H2,13,14,16);3H,1-2,5H2;1H/t;;;3-;/m...0./s1. The highest BCUT2D eigenvalue weighted by atomic mass is 35.5. The van der Waals surface area contributed by atoms with E-state index >= 15 is 0 Å². The zero-order valence-corrected chi connectivity index (χ0v) is 42.3. The first kappa shape index (κ1) is 58.8. The van der Waals surface area contributed by atoms with Crippen LogP contribution in [0.5, 0.6) is 0 Å². The van der Waals surface area contributed by atoms with Crippen molar-refractivity contribution >= 4 is 101 Å². The van der Waals surface area contributed by atoms with Crippen LogP contribution in [0, 0.1) is 0 Å². The van der Waals surface area contributed by atoms with Crippen LogP contribution in [0.15, 0.2) is 87.8 Å². The van der Waals surface area contributed by atoms with Crippen molar-refractivity contribution in [3.05, 3.63) is 89.5 Å². The minimum Gasteiger partial charge on any atom is -0.480 e. The van der Waals surface area contributed by atoms with Gasteiger partial charge in [0.2, 0.25) is 11.8 Å². The smallest absolute Gasteiger partial charge is 0.322 e. The third-order valence-electron chi connectivity index (χ3n) is 10.7. The number of halogens is 1. The number of nitrogens with two attached hydrogens (primary N) is 1. The molecule has 3 fully saturated rings. The summed E-state index contributed by atoms with van der Waals surface area (Å²) in [5.74, 6) is -1.78. The Labute approximate surface area is 446 Å². The van der Waals surface area contributed by atoms with Gasteiger partial charge in [-0.2, -0.15) is 0 Å². The number of aliphatic carboxylic acids is 1. The third kappa shape index (κ3) is 21.0. The molecule has 0 aliphatic carbocycles. The molecule has 0 bridgehead atoms. The number of anilines is 3. The predicted octanol–water partition coefficient (Wildman–Crippen LogP) is -2.01. The van der Waals surface area contributed by atoms with Gasteiger partial charge in [-0.1, -0.05) is 18.2 Å². The molecule has 0 saturated carbocycles. The van der Waals surface area contributed by atoms with Crippen LogP contribution in [0.2, 0.25) is 0 Å². The van der Waals surface area contributed by atoms with Crippen LogP contribution in [-0.2, 0) is 43.0 Å². The first-order valence-corrected chi connectivity index (χ1v) is 24.0. The summed E-state index contributed by atoms with van der Waals surface area (Å²) in [6, 6.07) is 19.9. The number of nitrogens with one attached hydrogen (secondary N) is 11. The second-order valence-electron chi connectivity index (χ2n) is 17.0. The number of carboxylic acid groups (broad SMARTS) is 1. The number of carbonyl (C=O) groups excluding carboxylic acids is 8. The maximum absolute atomic E-state index is 12.2.